The molecule has 0 spiro atoms. The summed E-state index contributed by atoms with van der Waals surface area (Å²) >= 11 is 0. The van der Waals surface area contributed by atoms with Crippen LogP contribution in [0.15, 0.2) is 18.2 Å². The number of hydrogen-bond acceptors (Lipinski definition) is 3. The van der Waals surface area contributed by atoms with E-state index in [1.54, 1.807) is 18.2 Å². The van der Waals surface area contributed by atoms with Gasteiger partial charge in [-0.2, -0.15) is 0 Å². The molecule has 0 amide bonds. The maximum absolute atomic E-state index is 10.9. The van der Waals surface area contributed by atoms with E-state index in [1.165, 1.54) is 7.11 Å². The Kier molecular flexibility index (Phi) is 3.34. The lowest BCUT2D eigenvalue weighted by Crippen LogP contribution is -2.07. The minimum Gasteiger partial charge on any atom is -0.495 e. The fraction of sp³-hybridized carbons (Fsp3) is 0.300. The second kappa shape index (κ2) is 4.50. The van der Waals surface area contributed by atoms with Crippen LogP contribution >= 0.6 is 0 Å². The Morgan fingerprint density at radius 3 is 2.79 bits per heavy atom. The van der Waals surface area contributed by atoms with Gasteiger partial charge in [-0.05, 0) is 19.1 Å². The largest absolute Gasteiger partial charge is 0.495 e. The van der Waals surface area contributed by atoms with Crippen LogP contribution in [0.5, 0.6) is 5.75 Å². The number of rotatable bonds is 4. The highest BCUT2D eigenvalue weighted by molar-refractivity contribution is 5.95. The van der Waals surface area contributed by atoms with Gasteiger partial charge in [0.25, 0.3) is 0 Å². The summed E-state index contributed by atoms with van der Waals surface area (Å²) < 4.78 is 5.06. The van der Waals surface area contributed by atoms with Crippen molar-refractivity contribution >= 4 is 11.7 Å². The Morgan fingerprint density at radius 2 is 2.29 bits per heavy atom. The van der Waals surface area contributed by atoms with Gasteiger partial charge in [0.05, 0.1) is 18.4 Å². The summed E-state index contributed by atoms with van der Waals surface area (Å²) in [5.74, 6) is -0.411. The zero-order valence-corrected chi connectivity index (χ0v) is 8.20. The zero-order valence-electron chi connectivity index (χ0n) is 8.20. The van der Waals surface area contributed by atoms with E-state index < -0.39 is 5.97 Å². The van der Waals surface area contributed by atoms with Gasteiger partial charge in [-0.15, -0.1) is 0 Å². The second-order valence-corrected chi connectivity index (χ2v) is 2.72. The maximum Gasteiger partial charge on any atom is 0.337 e. The molecule has 1 aromatic rings. The van der Waals surface area contributed by atoms with Crippen LogP contribution in [0.2, 0.25) is 0 Å². The molecule has 0 fully saturated rings. The van der Waals surface area contributed by atoms with E-state index in [-0.39, 0.29) is 5.56 Å². The molecule has 2 N–H and O–H groups in total. The fourth-order valence-corrected chi connectivity index (χ4v) is 1.24. The summed E-state index contributed by atoms with van der Waals surface area (Å²) in [6, 6.07) is 4.93. The number of anilines is 1. The molecule has 0 saturated heterocycles. The Morgan fingerprint density at radius 1 is 1.57 bits per heavy atom. The SMILES string of the molecule is CCNc1c(OC)cccc1C(=O)O. The van der Waals surface area contributed by atoms with Gasteiger partial charge in [0.15, 0.2) is 0 Å². The molecule has 0 atom stereocenters. The van der Waals surface area contributed by atoms with Crippen LogP contribution < -0.4 is 10.1 Å². The normalized spacial score (nSPS) is 9.57. The van der Waals surface area contributed by atoms with Gasteiger partial charge in [-0.3, -0.25) is 0 Å². The molecule has 4 heteroatoms. The fourth-order valence-electron chi connectivity index (χ4n) is 1.24. The summed E-state index contributed by atoms with van der Waals surface area (Å²) in [5, 5.41) is 11.9. The number of aromatic carboxylic acids is 1. The number of nitrogens with one attached hydrogen (secondary N) is 1. The monoisotopic (exact) mass is 195 g/mol. The number of ether oxygens (including phenoxy) is 1. The lowest BCUT2D eigenvalue weighted by atomic mass is 10.1. The molecular formula is C10H13NO3. The van der Waals surface area contributed by atoms with Crippen LogP contribution in [-0.2, 0) is 0 Å². The summed E-state index contributed by atoms with van der Waals surface area (Å²) in [7, 11) is 1.52. The van der Waals surface area contributed by atoms with Crippen LogP contribution in [0, 0.1) is 0 Å². The highest BCUT2D eigenvalue weighted by Gasteiger charge is 2.13. The van der Waals surface area contributed by atoms with Gasteiger partial charge in [0, 0.05) is 6.54 Å². The van der Waals surface area contributed by atoms with Gasteiger partial charge in [0.2, 0.25) is 0 Å². The Balaban J connectivity index is 3.20. The Hall–Kier alpha value is -1.71. The molecule has 76 valence electrons. The molecule has 0 radical (unpaired) electrons. The first kappa shape index (κ1) is 10.4. The predicted molar refractivity (Wildman–Crippen MR) is 54.1 cm³/mol. The third-order valence-corrected chi connectivity index (χ3v) is 1.83. The first-order valence-electron chi connectivity index (χ1n) is 4.34. The summed E-state index contributed by atoms with van der Waals surface area (Å²) in [5.41, 5.74) is 0.760. The van der Waals surface area contributed by atoms with Gasteiger partial charge in [-0.1, -0.05) is 6.07 Å². The summed E-state index contributed by atoms with van der Waals surface area (Å²) in [6.07, 6.45) is 0. The molecular weight excluding hydrogens is 182 g/mol. The van der Waals surface area contributed by atoms with Gasteiger partial charge >= 0.3 is 5.97 Å². The van der Waals surface area contributed by atoms with Crippen LogP contribution in [-0.4, -0.2) is 24.7 Å². The number of hydrogen-bond donors (Lipinski definition) is 2. The lowest BCUT2D eigenvalue weighted by Gasteiger charge is -2.11. The first-order valence-corrected chi connectivity index (χ1v) is 4.34. The molecule has 0 aliphatic carbocycles. The van der Waals surface area contributed by atoms with Crippen molar-refractivity contribution in [3.05, 3.63) is 23.8 Å². The van der Waals surface area contributed by atoms with Crippen molar-refractivity contribution in [3.63, 3.8) is 0 Å². The van der Waals surface area contributed by atoms with E-state index >= 15 is 0 Å². The number of methoxy groups -OCH3 is 1. The third kappa shape index (κ3) is 1.96. The van der Waals surface area contributed by atoms with E-state index in [0.29, 0.717) is 18.0 Å². The molecule has 0 unspecified atom stereocenters. The molecule has 4 nitrogen and oxygen atoms in total. The van der Waals surface area contributed by atoms with Crippen molar-refractivity contribution in [2.75, 3.05) is 19.0 Å². The standard InChI is InChI=1S/C10H13NO3/c1-3-11-9-7(10(12)13)5-4-6-8(9)14-2/h4-6,11H,3H2,1-2H3,(H,12,13). The van der Waals surface area contributed by atoms with Crippen molar-refractivity contribution in [1.29, 1.82) is 0 Å². The summed E-state index contributed by atoms with van der Waals surface area (Å²) in [4.78, 5) is 10.9. The average Bonchev–Trinajstić information content (AvgIpc) is 2.18. The van der Waals surface area contributed by atoms with E-state index in [4.69, 9.17) is 9.84 Å². The van der Waals surface area contributed by atoms with E-state index in [1.807, 2.05) is 6.92 Å². The van der Waals surface area contributed by atoms with Crippen molar-refractivity contribution in [2.45, 2.75) is 6.92 Å². The van der Waals surface area contributed by atoms with Crippen molar-refractivity contribution in [2.24, 2.45) is 0 Å². The molecule has 14 heavy (non-hydrogen) atoms. The first-order chi connectivity index (χ1) is 6.70. The van der Waals surface area contributed by atoms with Gasteiger partial charge in [0.1, 0.15) is 5.75 Å². The topological polar surface area (TPSA) is 58.6 Å². The van der Waals surface area contributed by atoms with Crippen LogP contribution in [0.4, 0.5) is 5.69 Å². The molecule has 0 aliphatic heterocycles. The van der Waals surface area contributed by atoms with Gasteiger partial charge < -0.3 is 15.2 Å². The summed E-state index contributed by atoms with van der Waals surface area (Å²) in [6.45, 7) is 2.55. The highest BCUT2D eigenvalue weighted by atomic mass is 16.5. The van der Waals surface area contributed by atoms with Crippen LogP contribution in [0.1, 0.15) is 17.3 Å². The molecule has 0 bridgehead atoms. The average molecular weight is 195 g/mol. The van der Waals surface area contributed by atoms with Crippen molar-refractivity contribution in [3.8, 4) is 5.75 Å². The predicted octanol–water partition coefficient (Wildman–Crippen LogP) is 1.83. The Bertz CT molecular complexity index is 336. The number of carboxylic acids is 1. The third-order valence-electron chi connectivity index (χ3n) is 1.83. The maximum atomic E-state index is 10.9. The van der Waals surface area contributed by atoms with E-state index in [2.05, 4.69) is 5.32 Å². The molecule has 0 aliphatic rings. The van der Waals surface area contributed by atoms with Crippen LogP contribution in [0.25, 0.3) is 0 Å². The molecule has 0 saturated carbocycles. The highest BCUT2D eigenvalue weighted by Crippen LogP contribution is 2.27. The van der Waals surface area contributed by atoms with Crippen molar-refractivity contribution in [1.82, 2.24) is 0 Å². The number of para-hydroxylation sites is 1. The van der Waals surface area contributed by atoms with Gasteiger partial charge in [-0.25, -0.2) is 4.79 Å². The molecule has 0 heterocycles. The van der Waals surface area contributed by atoms with Crippen LogP contribution in [0.3, 0.4) is 0 Å². The zero-order chi connectivity index (χ0) is 10.6. The molecule has 1 rings (SSSR count). The van der Waals surface area contributed by atoms with E-state index in [0.717, 1.165) is 0 Å². The second-order valence-electron chi connectivity index (χ2n) is 2.72. The quantitative estimate of drug-likeness (QED) is 0.769. The molecule has 1 aromatic carbocycles. The number of benzene rings is 1. The molecule has 0 aromatic heterocycles. The van der Waals surface area contributed by atoms with E-state index in [9.17, 15) is 4.79 Å². The number of carboxylic acid groups (broad SMARTS) is 1. The number of carbonyl (C=O) groups is 1. The minimum absolute atomic E-state index is 0.228. The Labute approximate surface area is 82.5 Å². The minimum atomic E-state index is -0.958. The lowest BCUT2D eigenvalue weighted by molar-refractivity contribution is 0.0697. The smallest absolute Gasteiger partial charge is 0.337 e. The van der Waals surface area contributed by atoms with Crippen molar-refractivity contribution < 1.29 is 14.6 Å².